The van der Waals surface area contributed by atoms with Crippen LogP contribution in [0.4, 0.5) is 5.82 Å². The van der Waals surface area contributed by atoms with E-state index in [0.29, 0.717) is 13.2 Å². The lowest BCUT2D eigenvalue weighted by atomic mass is 10.0. The molecule has 0 aliphatic carbocycles. The van der Waals surface area contributed by atoms with Gasteiger partial charge < -0.3 is 14.8 Å². The molecule has 1 aromatic heterocycles. The number of fused-ring (bicyclic) bond motifs is 1. The fraction of sp³-hybridized carbons (Fsp3) is 0.375. The van der Waals surface area contributed by atoms with Gasteiger partial charge in [0.05, 0.1) is 5.69 Å². The third-order valence-corrected chi connectivity index (χ3v) is 3.46. The highest BCUT2D eigenvalue weighted by Gasteiger charge is 2.16. The number of anilines is 1. The molecule has 2 heterocycles. The van der Waals surface area contributed by atoms with E-state index in [0.717, 1.165) is 47.1 Å². The Bertz CT molecular complexity index is 643. The molecular weight excluding hydrogens is 266 g/mol. The van der Waals surface area contributed by atoms with Gasteiger partial charge >= 0.3 is 0 Å². The van der Waals surface area contributed by atoms with Crippen LogP contribution in [-0.4, -0.2) is 29.7 Å². The van der Waals surface area contributed by atoms with E-state index in [1.54, 1.807) is 6.33 Å². The summed E-state index contributed by atoms with van der Waals surface area (Å²) in [5.41, 5.74) is 3.09. The van der Waals surface area contributed by atoms with Gasteiger partial charge in [-0.25, -0.2) is 9.97 Å². The first-order valence-corrected chi connectivity index (χ1v) is 7.31. The van der Waals surface area contributed by atoms with Crippen LogP contribution in [0.3, 0.4) is 0 Å². The molecule has 110 valence electrons. The molecule has 5 nitrogen and oxygen atoms in total. The van der Waals surface area contributed by atoms with Gasteiger partial charge in [-0.05, 0) is 31.5 Å². The maximum absolute atomic E-state index is 5.65. The molecule has 0 fully saturated rings. The van der Waals surface area contributed by atoms with Crippen LogP contribution < -0.4 is 14.8 Å². The Hall–Kier alpha value is -2.30. The number of nitrogens with zero attached hydrogens (tertiary/aromatic N) is 2. The van der Waals surface area contributed by atoms with Crippen LogP contribution in [0, 0.1) is 0 Å². The first-order valence-electron chi connectivity index (χ1n) is 7.31. The van der Waals surface area contributed by atoms with Crippen LogP contribution >= 0.6 is 0 Å². The average Bonchev–Trinajstić information content (AvgIpc) is 2.54. The summed E-state index contributed by atoms with van der Waals surface area (Å²) in [7, 11) is 0. The Morgan fingerprint density at radius 2 is 1.90 bits per heavy atom. The largest absolute Gasteiger partial charge is 0.486 e. The summed E-state index contributed by atoms with van der Waals surface area (Å²) in [4.78, 5) is 8.80. The normalized spacial score (nSPS) is 13.0. The predicted octanol–water partition coefficient (Wildman–Crippen LogP) is 2.91. The summed E-state index contributed by atoms with van der Waals surface area (Å²) in [5.74, 6) is 2.48. The minimum atomic E-state index is 0.587. The Morgan fingerprint density at radius 1 is 1.10 bits per heavy atom. The van der Waals surface area contributed by atoms with Gasteiger partial charge in [0.25, 0.3) is 0 Å². The highest BCUT2D eigenvalue weighted by atomic mass is 16.6. The van der Waals surface area contributed by atoms with Crippen molar-refractivity contribution in [2.24, 2.45) is 0 Å². The second-order valence-corrected chi connectivity index (χ2v) is 4.79. The van der Waals surface area contributed by atoms with E-state index in [2.05, 4.69) is 29.1 Å². The molecule has 21 heavy (non-hydrogen) atoms. The fourth-order valence-corrected chi connectivity index (χ4v) is 2.51. The molecule has 0 saturated heterocycles. The molecule has 0 spiro atoms. The van der Waals surface area contributed by atoms with Gasteiger partial charge in [0, 0.05) is 17.7 Å². The van der Waals surface area contributed by atoms with Crippen molar-refractivity contribution in [1.29, 1.82) is 0 Å². The lowest BCUT2D eigenvalue weighted by Gasteiger charge is -2.19. The molecule has 0 amide bonds. The number of rotatable bonds is 4. The molecule has 0 radical (unpaired) electrons. The highest BCUT2D eigenvalue weighted by molar-refractivity contribution is 5.70. The van der Waals surface area contributed by atoms with Crippen molar-refractivity contribution in [2.45, 2.75) is 20.3 Å². The summed E-state index contributed by atoms with van der Waals surface area (Å²) < 4.78 is 11.2. The van der Waals surface area contributed by atoms with Gasteiger partial charge in [-0.15, -0.1) is 0 Å². The van der Waals surface area contributed by atoms with E-state index in [1.165, 1.54) is 0 Å². The topological polar surface area (TPSA) is 56.3 Å². The molecular formula is C16H19N3O2. The molecule has 1 aromatic carbocycles. The predicted molar refractivity (Wildman–Crippen MR) is 82.0 cm³/mol. The van der Waals surface area contributed by atoms with Crippen molar-refractivity contribution in [1.82, 2.24) is 9.97 Å². The highest BCUT2D eigenvalue weighted by Crippen LogP contribution is 2.35. The summed E-state index contributed by atoms with van der Waals surface area (Å²) in [5, 5.41) is 3.29. The van der Waals surface area contributed by atoms with Crippen molar-refractivity contribution in [3.8, 4) is 22.8 Å². The van der Waals surface area contributed by atoms with Crippen LogP contribution in [-0.2, 0) is 6.42 Å². The van der Waals surface area contributed by atoms with Crippen LogP contribution in [0.2, 0.25) is 0 Å². The summed E-state index contributed by atoms with van der Waals surface area (Å²) in [6.45, 7) is 6.20. The molecule has 2 aromatic rings. The van der Waals surface area contributed by atoms with Gasteiger partial charge in [0.15, 0.2) is 11.5 Å². The molecule has 1 N–H and O–H groups in total. The molecule has 0 saturated carbocycles. The minimum absolute atomic E-state index is 0.587. The van der Waals surface area contributed by atoms with Crippen molar-refractivity contribution in [2.75, 3.05) is 25.1 Å². The molecule has 3 rings (SSSR count). The van der Waals surface area contributed by atoms with Crippen LogP contribution in [0.5, 0.6) is 11.5 Å². The van der Waals surface area contributed by atoms with Crippen molar-refractivity contribution >= 4 is 5.82 Å². The molecule has 0 unspecified atom stereocenters. The molecule has 0 atom stereocenters. The molecule has 1 aliphatic heterocycles. The van der Waals surface area contributed by atoms with Crippen LogP contribution in [0.25, 0.3) is 11.3 Å². The number of hydrogen-bond donors (Lipinski definition) is 1. The Kier molecular flexibility index (Phi) is 3.90. The van der Waals surface area contributed by atoms with E-state index < -0.39 is 0 Å². The van der Waals surface area contributed by atoms with E-state index in [-0.39, 0.29) is 0 Å². The lowest BCUT2D eigenvalue weighted by molar-refractivity contribution is 0.171. The van der Waals surface area contributed by atoms with Crippen molar-refractivity contribution < 1.29 is 9.47 Å². The van der Waals surface area contributed by atoms with Gasteiger partial charge in [-0.1, -0.05) is 6.92 Å². The third-order valence-electron chi connectivity index (χ3n) is 3.46. The van der Waals surface area contributed by atoms with Gasteiger partial charge in [0.2, 0.25) is 0 Å². The average molecular weight is 285 g/mol. The first-order chi connectivity index (χ1) is 10.3. The van der Waals surface area contributed by atoms with Crippen LogP contribution in [0.15, 0.2) is 24.5 Å². The Labute approximate surface area is 124 Å². The summed E-state index contributed by atoms with van der Waals surface area (Å²) in [6.07, 6.45) is 2.47. The van der Waals surface area contributed by atoms with Crippen molar-refractivity contribution in [3.63, 3.8) is 0 Å². The Morgan fingerprint density at radius 3 is 2.67 bits per heavy atom. The maximum atomic E-state index is 5.65. The standard InChI is InChI=1S/C16H19N3O2/c1-3-12-15(18-10-19-16(12)17-4-2)11-5-6-13-14(9-11)21-8-7-20-13/h5-6,9-10H,3-4,7-8H2,1-2H3,(H,17,18,19). The van der Waals surface area contributed by atoms with E-state index in [9.17, 15) is 0 Å². The molecule has 0 bridgehead atoms. The Balaban J connectivity index is 2.05. The summed E-state index contributed by atoms with van der Waals surface area (Å²) in [6, 6.07) is 5.95. The molecule has 1 aliphatic rings. The second kappa shape index (κ2) is 5.99. The zero-order chi connectivity index (χ0) is 14.7. The van der Waals surface area contributed by atoms with E-state index >= 15 is 0 Å². The monoisotopic (exact) mass is 285 g/mol. The number of nitrogens with one attached hydrogen (secondary N) is 1. The lowest BCUT2D eigenvalue weighted by Crippen LogP contribution is -2.15. The van der Waals surface area contributed by atoms with Crippen molar-refractivity contribution in [3.05, 3.63) is 30.1 Å². The number of hydrogen-bond acceptors (Lipinski definition) is 5. The van der Waals surface area contributed by atoms with Gasteiger partial charge in [-0.3, -0.25) is 0 Å². The SMILES string of the molecule is CCNc1ncnc(-c2ccc3c(c2)OCCO3)c1CC. The van der Waals surface area contributed by atoms with Crippen LogP contribution in [0.1, 0.15) is 19.4 Å². The zero-order valence-corrected chi connectivity index (χ0v) is 12.3. The number of aromatic nitrogens is 2. The zero-order valence-electron chi connectivity index (χ0n) is 12.3. The maximum Gasteiger partial charge on any atom is 0.162 e. The van der Waals surface area contributed by atoms with Gasteiger partial charge in [-0.2, -0.15) is 0 Å². The smallest absolute Gasteiger partial charge is 0.162 e. The number of ether oxygens (including phenoxy) is 2. The van der Waals surface area contributed by atoms with Gasteiger partial charge in [0.1, 0.15) is 25.4 Å². The first kappa shape index (κ1) is 13.7. The number of benzene rings is 1. The van der Waals surface area contributed by atoms with E-state index in [4.69, 9.17) is 9.47 Å². The fourth-order valence-electron chi connectivity index (χ4n) is 2.51. The minimum Gasteiger partial charge on any atom is -0.486 e. The summed E-state index contributed by atoms with van der Waals surface area (Å²) >= 11 is 0. The molecule has 5 heteroatoms. The second-order valence-electron chi connectivity index (χ2n) is 4.79. The van der Waals surface area contributed by atoms with E-state index in [1.807, 2.05) is 18.2 Å². The third kappa shape index (κ3) is 2.63. The quantitative estimate of drug-likeness (QED) is 0.936.